The van der Waals surface area contributed by atoms with E-state index in [2.05, 4.69) is 11.9 Å². The third-order valence-electron chi connectivity index (χ3n) is 2.68. The highest BCUT2D eigenvalue weighted by Gasteiger charge is 2.23. The highest BCUT2D eigenvalue weighted by molar-refractivity contribution is 5.67. The maximum absolute atomic E-state index is 10.4. The second kappa shape index (κ2) is 4.58. The number of carboxylic acids is 1. The van der Waals surface area contributed by atoms with Gasteiger partial charge in [-0.3, -0.25) is 4.79 Å². The van der Waals surface area contributed by atoms with Gasteiger partial charge in [0.15, 0.2) is 0 Å². The first-order valence-corrected chi connectivity index (χ1v) is 4.77. The smallest absolute Gasteiger partial charge is 0.304 e. The summed E-state index contributed by atoms with van der Waals surface area (Å²) in [6.45, 7) is 1.12. The Morgan fingerprint density at radius 1 is 1.77 bits per heavy atom. The summed E-state index contributed by atoms with van der Waals surface area (Å²) in [7, 11) is 2.07. The first kappa shape index (κ1) is 10.5. The second-order valence-corrected chi connectivity index (χ2v) is 3.87. The number of carboxylic acid groups (broad SMARTS) is 1. The van der Waals surface area contributed by atoms with Crippen LogP contribution in [0.3, 0.4) is 0 Å². The largest absolute Gasteiger partial charge is 0.481 e. The highest BCUT2D eigenvalue weighted by atomic mass is 16.4. The molecule has 0 bridgehead atoms. The van der Waals surface area contributed by atoms with E-state index in [4.69, 9.17) is 10.8 Å². The maximum atomic E-state index is 10.4. The van der Waals surface area contributed by atoms with E-state index in [1.54, 1.807) is 0 Å². The molecule has 1 aliphatic rings. The van der Waals surface area contributed by atoms with Crippen LogP contribution in [-0.2, 0) is 4.79 Å². The number of aliphatic carboxylic acids is 1. The Balaban J connectivity index is 2.26. The van der Waals surface area contributed by atoms with E-state index in [0.717, 1.165) is 19.4 Å². The Morgan fingerprint density at radius 3 is 2.92 bits per heavy atom. The van der Waals surface area contributed by atoms with Crippen LogP contribution in [0.25, 0.3) is 0 Å². The molecule has 0 aromatic carbocycles. The van der Waals surface area contributed by atoms with Crippen LogP contribution >= 0.6 is 0 Å². The molecule has 0 radical (unpaired) electrons. The summed E-state index contributed by atoms with van der Waals surface area (Å²) in [5.74, 6) is -0.798. The number of nitrogens with two attached hydrogens (primary N) is 1. The lowest BCUT2D eigenvalue weighted by molar-refractivity contribution is -0.137. The lowest BCUT2D eigenvalue weighted by Crippen LogP contribution is -2.34. The van der Waals surface area contributed by atoms with Crippen molar-refractivity contribution in [1.82, 2.24) is 4.90 Å². The van der Waals surface area contributed by atoms with Crippen LogP contribution in [-0.4, -0.2) is 41.7 Å². The third kappa shape index (κ3) is 3.32. The van der Waals surface area contributed by atoms with Gasteiger partial charge in [-0.15, -0.1) is 0 Å². The van der Waals surface area contributed by atoms with Crippen molar-refractivity contribution < 1.29 is 9.90 Å². The minimum absolute atomic E-state index is 0.0876. The van der Waals surface area contributed by atoms with Crippen molar-refractivity contribution in [2.75, 3.05) is 13.6 Å². The molecule has 13 heavy (non-hydrogen) atoms. The van der Waals surface area contributed by atoms with Gasteiger partial charge in [0.2, 0.25) is 0 Å². The van der Waals surface area contributed by atoms with Crippen molar-refractivity contribution in [2.24, 2.45) is 5.73 Å². The van der Waals surface area contributed by atoms with Crippen LogP contribution in [0.5, 0.6) is 0 Å². The van der Waals surface area contributed by atoms with Gasteiger partial charge in [-0.05, 0) is 32.9 Å². The predicted molar refractivity (Wildman–Crippen MR) is 50.5 cm³/mol. The molecule has 0 aromatic heterocycles. The molecule has 3 N–H and O–H groups in total. The van der Waals surface area contributed by atoms with Crippen molar-refractivity contribution in [1.29, 1.82) is 0 Å². The van der Waals surface area contributed by atoms with Gasteiger partial charge in [0.1, 0.15) is 0 Å². The van der Waals surface area contributed by atoms with E-state index in [9.17, 15) is 4.79 Å². The third-order valence-corrected chi connectivity index (χ3v) is 2.68. The van der Waals surface area contributed by atoms with Crippen LogP contribution < -0.4 is 5.73 Å². The van der Waals surface area contributed by atoms with Crippen molar-refractivity contribution in [3.05, 3.63) is 0 Å². The van der Waals surface area contributed by atoms with Gasteiger partial charge >= 0.3 is 5.97 Å². The molecule has 1 rings (SSSR count). The fraction of sp³-hybridized carbons (Fsp3) is 0.889. The molecular formula is C9H18N2O2. The summed E-state index contributed by atoms with van der Waals surface area (Å²) in [4.78, 5) is 12.6. The lowest BCUT2D eigenvalue weighted by atomic mass is 10.0. The fourth-order valence-corrected chi connectivity index (χ4v) is 1.93. The number of nitrogens with zero attached hydrogens (tertiary/aromatic N) is 1. The van der Waals surface area contributed by atoms with Crippen molar-refractivity contribution >= 4 is 5.97 Å². The topological polar surface area (TPSA) is 66.6 Å². The zero-order valence-corrected chi connectivity index (χ0v) is 8.07. The Kier molecular flexibility index (Phi) is 3.69. The molecule has 76 valence electrons. The molecule has 2 atom stereocenters. The summed E-state index contributed by atoms with van der Waals surface area (Å²) in [6, 6.07) is 0.303. The molecule has 2 unspecified atom stereocenters. The molecule has 4 nitrogen and oxygen atoms in total. The van der Waals surface area contributed by atoms with E-state index >= 15 is 0 Å². The Morgan fingerprint density at radius 2 is 2.46 bits per heavy atom. The Bertz CT molecular complexity index is 184. The fourth-order valence-electron chi connectivity index (χ4n) is 1.93. The molecule has 0 aromatic rings. The summed E-state index contributed by atoms with van der Waals surface area (Å²) in [6.07, 6.45) is 3.26. The summed E-state index contributed by atoms with van der Waals surface area (Å²) in [5, 5.41) is 8.53. The SMILES string of the molecule is CN1CCCC1CC(N)CC(=O)O. The maximum Gasteiger partial charge on any atom is 0.304 e. The van der Waals surface area contributed by atoms with Gasteiger partial charge in [-0.2, -0.15) is 0 Å². The highest BCUT2D eigenvalue weighted by Crippen LogP contribution is 2.19. The second-order valence-electron chi connectivity index (χ2n) is 3.87. The molecule has 1 saturated heterocycles. The minimum atomic E-state index is -0.798. The van der Waals surface area contributed by atoms with Crippen LogP contribution in [0.15, 0.2) is 0 Å². The number of carbonyl (C=O) groups is 1. The predicted octanol–water partition coefficient (Wildman–Crippen LogP) is 0.273. The molecule has 1 fully saturated rings. The molecule has 0 aliphatic carbocycles. The number of likely N-dealkylation sites (tertiary alicyclic amines) is 1. The van der Waals surface area contributed by atoms with Crippen LogP contribution in [0, 0.1) is 0 Å². The summed E-state index contributed by atoms with van der Waals surface area (Å²) < 4.78 is 0. The monoisotopic (exact) mass is 186 g/mol. The van der Waals surface area contributed by atoms with Crippen LogP contribution in [0.1, 0.15) is 25.7 Å². The van der Waals surface area contributed by atoms with E-state index < -0.39 is 5.97 Å². The lowest BCUT2D eigenvalue weighted by Gasteiger charge is -2.21. The van der Waals surface area contributed by atoms with E-state index in [1.807, 2.05) is 0 Å². The molecule has 0 spiro atoms. The average molecular weight is 186 g/mol. The molecule has 1 heterocycles. The molecule has 0 amide bonds. The van der Waals surface area contributed by atoms with Gasteiger partial charge in [0.25, 0.3) is 0 Å². The average Bonchev–Trinajstić information content (AvgIpc) is 2.34. The molecule has 0 saturated carbocycles. The van der Waals surface area contributed by atoms with Crippen molar-refractivity contribution in [3.8, 4) is 0 Å². The van der Waals surface area contributed by atoms with Gasteiger partial charge in [0, 0.05) is 12.1 Å². The van der Waals surface area contributed by atoms with Crippen molar-refractivity contribution in [2.45, 2.75) is 37.8 Å². The summed E-state index contributed by atoms with van der Waals surface area (Å²) >= 11 is 0. The zero-order chi connectivity index (χ0) is 9.84. The minimum Gasteiger partial charge on any atom is -0.481 e. The Labute approximate surface area is 78.7 Å². The molecule has 1 aliphatic heterocycles. The van der Waals surface area contributed by atoms with Gasteiger partial charge in [-0.25, -0.2) is 0 Å². The first-order valence-electron chi connectivity index (χ1n) is 4.77. The number of hydrogen-bond donors (Lipinski definition) is 2. The summed E-state index contributed by atoms with van der Waals surface area (Å²) in [5.41, 5.74) is 5.71. The van der Waals surface area contributed by atoms with E-state index in [0.29, 0.717) is 6.04 Å². The standard InChI is InChI=1S/C9H18N2O2/c1-11-4-2-3-8(11)5-7(10)6-9(12)13/h7-8H,2-6,10H2,1H3,(H,12,13). The van der Waals surface area contributed by atoms with E-state index in [1.165, 1.54) is 6.42 Å². The van der Waals surface area contributed by atoms with Gasteiger partial charge < -0.3 is 15.7 Å². The van der Waals surface area contributed by atoms with Crippen LogP contribution in [0.2, 0.25) is 0 Å². The molecular weight excluding hydrogens is 168 g/mol. The normalized spacial score (nSPS) is 26.2. The Hall–Kier alpha value is -0.610. The van der Waals surface area contributed by atoms with Gasteiger partial charge in [-0.1, -0.05) is 0 Å². The van der Waals surface area contributed by atoms with Crippen molar-refractivity contribution in [3.63, 3.8) is 0 Å². The van der Waals surface area contributed by atoms with Gasteiger partial charge in [0.05, 0.1) is 6.42 Å². The number of hydrogen-bond acceptors (Lipinski definition) is 3. The number of rotatable bonds is 4. The first-order chi connectivity index (χ1) is 6.09. The quantitative estimate of drug-likeness (QED) is 0.661. The van der Waals surface area contributed by atoms with E-state index in [-0.39, 0.29) is 12.5 Å². The van der Waals surface area contributed by atoms with Crippen LogP contribution in [0.4, 0.5) is 0 Å². The molecule has 4 heteroatoms. The zero-order valence-electron chi connectivity index (χ0n) is 8.07.